The Balaban J connectivity index is 2.19. The third-order valence-electron chi connectivity index (χ3n) is 3.60. The molecule has 1 fully saturated rings. The number of ether oxygens (including phenoxy) is 2. The third kappa shape index (κ3) is 2.98. The molecule has 1 aromatic carbocycles. The highest BCUT2D eigenvalue weighted by Crippen LogP contribution is 2.31. The molecular weight excluding hydrogens is 293 g/mol. The molecule has 120 valence electrons. The van der Waals surface area contributed by atoms with Gasteiger partial charge >= 0.3 is 5.97 Å². The van der Waals surface area contributed by atoms with Crippen molar-refractivity contribution in [1.29, 1.82) is 0 Å². The molecule has 1 aliphatic heterocycles. The summed E-state index contributed by atoms with van der Waals surface area (Å²) in [6, 6.07) is 4.66. The molecular formula is C15H18FNO5. The lowest BCUT2D eigenvalue weighted by Crippen LogP contribution is -2.38. The number of likely N-dealkylation sites (tertiary alicyclic amines) is 1. The fourth-order valence-electron chi connectivity index (χ4n) is 2.38. The van der Waals surface area contributed by atoms with E-state index >= 15 is 0 Å². The summed E-state index contributed by atoms with van der Waals surface area (Å²) < 4.78 is 24.6. The van der Waals surface area contributed by atoms with Gasteiger partial charge < -0.3 is 19.5 Å². The molecule has 7 heteroatoms. The van der Waals surface area contributed by atoms with E-state index in [0.717, 1.165) is 0 Å². The largest absolute Gasteiger partial charge is 0.493 e. The maximum absolute atomic E-state index is 14.0. The first kappa shape index (κ1) is 16.1. The minimum atomic E-state index is -2.37. The van der Waals surface area contributed by atoms with Crippen LogP contribution in [0, 0.1) is 0 Å². The molecule has 1 heterocycles. The van der Waals surface area contributed by atoms with Gasteiger partial charge in [0, 0.05) is 18.5 Å². The van der Waals surface area contributed by atoms with E-state index in [1.54, 1.807) is 12.1 Å². The van der Waals surface area contributed by atoms with Gasteiger partial charge in [-0.05, 0) is 25.1 Å². The van der Waals surface area contributed by atoms with Crippen molar-refractivity contribution in [2.45, 2.75) is 19.0 Å². The number of aliphatic carboxylic acids is 1. The van der Waals surface area contributed by atoms with Crippen molar-refractivity contribution in [1.82, 2.24) is 4.90 Å². The first-order valence-electron chi connectivity index (χ1n) is 6.93. The van der Waals surface area contributed by atoms with E-state index in [1.165, 1.54) is 18.1 Å². The average Bonchev–Trinajstić information content (AvgIpc) is 2.91. The quantitative estimate of drug-likeness (QED) is 0.896. The van der Waals surface area contributed by atoms with Crippen LogP contribution >= 0.6 is 0 Å². The fraction of sp³-hybridized carbons (Fsp3) is 0.467. The molecule has 1 aliphatic rings. The lowest BCUT2D eigenvalue weighted by Gasteiger charge is -2.18. The second-order valence-electron chi connectivity index (χ2n) is 5.05. The summed E-state index contributed by atoms with van der Waals surface area (Å²) in [5.74, 6) is -1.06. The molecule has 0 spiro atoms. The zero-order valence-electron chi connectivity index (χ0n) is 12.5. The van der Waals surface area contributed by atoms with Crippen molar-refractivity contribution in [3.05, 3.63) is 23.8 Å². The molecule has 0 aromatic heterocycles. The number of rotatable bonds is 5. The Bertz CT molecular complexity index is 591. The van der Waals surface area contributed by atoms with Crippen LogP contribution < -0.4 is 9.47 Å². The second kappa shape index (κ2) is 6.21. The van der Waals surface area contributed by atoms with Gasteiger partial charge in [-0.15, -0.1) is 0 Å². The van der Waals surface area contributed by atoms with Gasteiger partial charge in [0.05, 0.1) is 20.3 Å². The predicted octanol–water partition coefficient (Wildman–Crippen LogP) is 1.73. The van der Waals surface area contributed by atoms with Crippen molar-refractivity contribution in [3.63, 3.8) is 0 Å². The van der Waals surface area contributed by atoms with E-state index in [-0.39, 0.29) is 13.0 Å². The monoisotopic (exact) mass is 311 g/mol. The standard InChI is InChI=1S/C15H18FNO5/c1-3-22-11-5-4-10(8-12(11)21-2)13(18)17-7-6-15(16,9-17)14(19)20/h4-5,8H,3,6-7,9H2,1-2H3,(H,19,20). The zero-order valence-corrected chi connectivity index (χ0v) is 12.5. The van der Waals surface area contributed by atoms with E-state index in [1.807, 2.05) is 6.92 Å². The van der Waals surface area contributed by atoms with Crippen molar-refractivity contribution < 1.29 is 28.6 Å². The molecule has 1 saturated heterocycles. The van der Waals surface area contributed by atoms with Gasteiger partial charge in [-0.3, -0.25) is 4.79 Å². The second-order valence-corrected chi connectivity index (χ2v) is 5.05. The average molecular weight is 311 g/mol. The zero-order chi connectivity index (χ0) is 16.3. The van der Waals surface area contributed by atoms with E-state index in [0.29, 0.717) is 23.7 Å². The van der Waals surface area contributed by atoms with Crippen molar-refractivity contribution >= 4 is 11.9 Å². The molecule has 0 bridgehead atoms. The summed E-state index contributed by atoms with van der Waals surface area (Å²) >= 11 is 0. The molecule has 1 unspecified atom stereocenters. The maximum Gasteiger partial charge on any atom is 0.343 e. The molecule has 22 heavy (non-hydrogen) atoms. The molecule has 2 rings (SSSR count). The van der Waals surface area contributed by atoms with Gasteiger partial charge in [0.25, 0.3) is 5.91 Å². The van der Waals surface area contributed by atoms with E-state index in [9.17, 15) is 14.0 Å². The fourth-order valence-corrected chi connectivity index (χ4v) is 2.38. The molecule has 0 aliphatic carbocycles. The van der Waals surface area contributed by atoms with E-state index in [4.69, 9.17) is 14.6 Å². The van der Waals surface area contributed by atoms with Gasteiger partial charge in [0.2, 0.25) is 5.67 Å². The van der Waals surface area contributed by atoms with E-state index < -0.39 is 24.1 Å². The molecule has 6 nitrogen and oxygen atoms in total. The molecule has 1 atom stereocenters. The van der Waals surface area contributed by atoms with Crippen LogP contribution in [0.25, 0.3) is 0 Å². The van der Waals surface area contributed by atoms with Crippen molar-refractivity contribution in [2.24, 2.45) is 0 Å². The Morgan fingerprint density at radius 2 is 2.14 bits per heavy atom. The minimum absolute atomic E-state index is 0.0666. The Kier molecular flexibility index (Phi) is 4.54. The lowest BCUT2D eigenvalue weighted by atomic mass is 10.1. The molecule has 1 amide bonds. The molecule has 1 aromatic rings. The molecule has 0 radical (unpaired) electrons. The predicted molar refractivity (Wildman–Crippen MR) is 76.2 cm³/mol. The normalized spacial score (nSPS) is 20.8. The number of carboxylic acid groups (broad SMARTS) is 1. The summed E-state index contributed by atoms with van der Waals surface area (Å²) in [5.41, 5.74) is -2.07. The van der Waals surface area contributed by atoms with Crippen LogP contribution in [0.3, 0.4) is 0 Å². The topological polar surface area (TPSA) is 76.1 Å². The van der Waals surface area contributed by atoms with Gasteiger partial charge in [0.15, 0.2) is 11.5 Å². The maximum atomic E-state index is 14.0. The van der Waals surface area contributed by atoms with Gasteiger partial charge in [0.1, 0.15) is 0 Å². The lowest BCUT2D eigenvalue weighted by molar-refractivity contribution is -0.149. The van der Waals surface area contributed by atoms with Crippen LogP contribution in [-0.4, -0.2) is 54.4 Å². The SMILES string of the molecule is CCOc1ccc(C(=O)N2CCC(F)(C(=O)O)C2)cc1OC. The number of nitrogens with zero attached hydrogens (tertiary/aromatic N) is 1. The summed E-state index contributed by atoms with van der Waals surface area (Å²) in [6.45, 7) is 1.90. The molecule has 0 saturated carbocycles. The number of benzene rings is 1. The highest BCUT2D eigenvalue weighted by Gasteiger charge is 2.47. The van der Waals surface area contributed by atoms with Gasteiger partial charge in [-0.25, -0.2) is 9.18 Å². The van der Waals surface area contributed by atoms with E-state index in [2.05, 4.69) is 0 Å². The van der Waals surface area contributed by atoms with Crippen molar-refractivity contribution in [2.75, 3.05) is 26.8 Å². The number of hydrogen-bond acceptors (Lipinski definition) is 4. The number of carbonyl (C=O) groups is 2. The smallest absolute Gasteiger partial charge is 0.343 e. The Morgan fingerprint density at radius 1 is 1.41 bits per heavy atom. The number of methoxy groups -OCH3 is 1. The number of alkyl halides is 1. The number of amides is 1. The van der Waals surface area contributed by atoms with Crippen LogP contribution in [-0.2, 0) is 4.79 Å². The van der Waals surface area contributed by atoms with Crippen LogP contribution in [0.1, 0.15) is 23.7 Å². The van der Waals surface area contributed by atoms with Crippen LogP contribution in [0.15, 0.2) is 18.2 Å². The Morgan fingerprint density at radius 3 is 2.68 bits per heavy atom. The Hall–Kier alpha value is -2.31. The number of halogens is 1. The van der Waals surface area contributed by atoms with Crippen LogP contribution in [0.4, 0.5) is 4.39 Å². The summed E-state index contributed by atoms with van der Waals surface area (Å²) in [4.78, 5) is 24.5. The Labute approximate surface area is 127 Å². The molecule has 1 N–H and O–H groups in total. The van der Waals surface area contributed by atoms with Gasteiger partial charge in [-0.1, -0.05) is 0 Å². The van der Waals surface area contributed by atoms with Crippen molar-refractivity contribution in [3.8, 4) is 11.5 Å². The summed E-state index contributed by atoms with van der Waals surface area (Å²) in [6.07, 6.45) is -0.206. The third-order valence-corrected chi connectivity index (χ3v) is 3.60. The minimum Gasteiger partial charge on any atom is -0.493 e. The number of hydrogen-bond donors (Lipinski definition) is 1. The van der Waals surface area contributed by atoms with Crippen LogP contribution in [0.2, 0.25) is 0 Å². The first-order valence-corrected chi connectivity index (χ1v) is 6.93. The highest BCUT2D eigenvalue weighted by molar-refractivity contribution is 5.96. The van der Waals surface area contributed by atoms with Gasteiger partial charge in [-0.2, -0.15) is 0 Å². The number of carboxylic acids is 1. The summed E-state index contributed by atoms with van der Waals surface area (Å²) in [7, 11) is 1.46. The number of carbonyl (C=O) groups excluding carboxylic acids is 1. The summed E-state index contributed by atoms with van der Waals surface area (Å²) in [5, 5.41) is 8.87. The highest BCUT2D eigenvalue weighted by atomic mass is 19.1. The first-order chi connectivity index (χ1) is 10.4. The van der Waals surface area contributed by atoms with Crippen LogP contribution in [0.5, 0.6) is 11.5 Å².